The van der Waals surface area contributed by atoms with Crippen molar-refractivity contribution in [3.63, 3.8) is 0 Å². The molecule has 0 amide bonds. The fourth-order valence-corrected chi connectivity index (χ4v) is 2.37. The second kappa shape index (κ2) is 7.48. The third kappa shape index (κ3) is 3.45. The van der Waals surface area contributed by atoms with Crippen LogP contribution in [-0.2, 0) is 0 Å². The number of rotatable bonds is 6. The van der Waals surface area contributed by atoms with Crippen molar-refractivity contribution in [2.45, 2.75) is 0 Å². The van der Waals surface area contributed by atoms with E-state index in [9.17, 15) is 0 Å². The highest BCUT2D eigenvalue weighted by Gasteiger charge is 2.11. The number of hydrogen-bond acceptors (Lipinski definition) is 6. The summed E-state index contributed by atoms with van der Waals surface area (Å²) >= 11 is 0. The number of hydrogen-bond donors (Lipinski definition) is 0. The highest BCUT2D eigenvalue weighted by atomic mass is 16.5. The smallest absolute Gasteiger partial charge is 0.184 e. The molecule has 128 valence electrons. The number of benzene rings is 2. The van der Waals surface area contributed by atoms with Gasteiger partial charge in [0.15, 0.2) is 17.3 Å². The van der Waals surface area contributed by atoms with Gasteiger partial charge in [0.05, 0.1) is 27.5 Å². The van der Waals surface area contributed by atoms with Gasteiger partial charge in [0, 0.05) is 17.2 Å². The Morgan fingerprint density at radius 1 is 0.920 bits per heavy atom. The summed E-state index contributed by atoms with van der Waals surface area (Å²) in [5, 5.41) is 12.5. The van der Waals surface area contributed by atoms with Crippen LogP contribution in [0.1, 0.15) is 5.56 Å². The molecule has 0 N–H and O–H groups in total. The molecule has 0 radical (unpaired) electrons. The normalized spacial score (nSPS) is 10.8. The molecule has 0 spiro atoms. The van der Waals surface area contributed by atoms with E-state index in [4.69, 9.17) is 14.2 Å². The van der Waals surface area contributed by atoms with Crippen LogP contribution in [-0.4, -0.2) is 42.4 Å². The highest BCUT2D eigenvalue weighted by molar-refractivity contribution is 5.85. The summed E-state index contributed by atoms with van der Waals surface area (Å²) in [6, 6.07) is 13.3. The average molecular weight is 338 g/mol. The van der Waals surface area contributed by atoms with Gasteiger partial charge < -0.3 is 14.2 Å². The lowest BCUT2D eigenvalue weighted by Crippen LogP contribution is -1.98. The fraction of sp³-hybridized carbons (Fsp3) is 0.167. The summed E-state index contributed by atoms with van der Waals surface area (Å²) in [5.41, 5.74) is 1.67. The molecule has 0 saturated carbocycles. The van der Waals surface area contributed by atoms with E-state index in [-0.39, 0.29) is 0 Å². The fourth-order valence-electron chi connectivity index (χ4n) is 2.37. The van der Waals surface area contributed by atoms with E-state index in [0.29, 0.717) is 23.1 Å². The summed E-state index contributed by atoms with van der Waals surface area (Å²) in [6.45, 7) is 0. The quantitative estimate of drug-likeness (QED) is 0.646. The van der Waals surface area contributed by atoms with Gasteiger partial charge in [-0.2, -0.15) is 9.78 Å². The molecular formula is C18H18N4O3. The van der Waals surface area contributed by atoms with Crippen LogP contribution in [0.5, 0.6) is 17.2 Å². The Morgan fingerprint density at radius 2 is 1.60 bits per heavy atom. The first-order chi connectivity index (χ1) is 12.3. The first kappa shape index (κ1) is 16.5. The Kier molecular flexibility index (Phi) is 4.94. The van der Waals surface area contributed by atoms with Crippen molar-refractivity contribution < 1.29 is 14.2 Å². The second-order valence-electron chi connectivity index (χ2n) is 5.06. The lowest BCUT2D eigenvalue weighted by molar-refractivity contribution is 0.349. The van der Waals surface area contributed by atoms with Crippen molar-refractivity contribution in [3.05, 3.63) is 54.4 Å². The molecule has 25 heavy (non-hydrogen) atoms. The van der Waals surface area contributed by atoms with E-state index in [1.807, 2.05) is 30.3 Å². The van der Waals surface area contributed by atoms with Crippen LogP contribution in [0.2, 0.25) is 0 Å². The SMILES string of the molecule is COc1cc(OC)c(OC)cc1/C=N\n1cnnc1-c1ccccc1. The Bertz CT molecular complexity index is 875. The molecular weight excluding hydrogens is 320 g/mol. The van der Waals surface area contributed by atoms with E-state index in [0.717, 1.165) is 11.1 Å². The van der Waals surface area contributed by atoms with Gasteiger partial charge in [-0.25, -0.2) is 0 Å². The van der Waals surface area contributed by atoms with Crippen LogP contribution in [0.3, 0.4) is 0 Å². The van der Waals surface area contributed by atoms with Crippen molar-refractivity contribution in [1.82, 2.24) is 14.9 Å². The molecule has 1 heterocycles. The molecule has 0 aliphatic heterocycles. The van der Waals surface area contributed by atoms with E-state index >= 15 is 0 Å². The van der Waals surface area contributed by atoms with Crippen molar-refractivity contribution in [1.29, 1.82) is 0 Å². The lowest BCUT2D eigenvalue weighted by Gasteiger charge is -2.11. The lowest BCUT2D eigenvalue weighted by atomic mass is 10.2. The van der Waals surface area contributed by atoms with Gasteiger partial charge in [-0.1, -0.05) is 30.3 Å². The number of ether oxygens (including phenoxy) is 3. The summed E-state index contributed by atoms with van der Waals surface area (Å²) in [4.78, 5) is 0. The largest absolute Gasteiger partial charge is 0.496 e. The van der Waals surface area contributed by atoms with Gasteiger partial charge in [0.2, 0.25) is 0 Å². The van der Waals surface area contributed by atoms with E-state index in [2.05, 4.69) is 15.3 Å². The third-order valence-electron chi connectivity index (χ3n) is 3.62. The van der Waals surface area contributed by atoms with Crippen molar-refractivity contribution in [2.75, 3.05) is 21.3 Å². The van der Waals surface area contributed by atoms with Gasteiger partial charge in [-0.05, 0) is 6.07 Å². The highest BCUT2D eigenvalue weighted by Crippen LogP contribution is 2.33. The summed E-state index contributed by atoms with van der Waals surface area (Å²) in [5.74, 6) is 2.45. The summed E-state index contributed by atoms with van der Waals surface area (Å²) in [7, 11) is 4.75. The van der Waals surface area contributed by atoms with Crippen LogP contribution in [0.4, 0.5) is 0 Å². The molecule has 7 nitrogen and oxygen atoms in total. The van der Waals surface area contributed by atoms with Crippen molar-refractivity contribution in [3.8, 4) is 28.6 Å². The number of aromatic nitrogens is 3. The minimum absolute atomic E-state index is 0.589. The molecule has 7 heteroatoms. The molecule has 1 aromatic heterocycles. The molecule has 0 atom stereocenters. The molecule has 3 aromatic rings. The number of methoxy groups -OCH3 is 3. The maximum Gasteiger partial charge on any atom is 0.184 e. The Labute approximate surface area is 145 Å². The van der Waals surface area contributed by atoms with Gasteiger partial charge in [-0.3, -0.25) is 0 Å². The van der Waals surface area contributed by atoms with Crippen molar-refractivity contribution in [2.24, 2.45) is 5.10 Å². The molecule has 0 saturated heterocycles. The summed E-state index contributed by atoms with van der Waals surface area (Å²) < 4.78 is 17.6. The Morgan fingerprint density at radius 3 is 2.28 bits per heavy atom. The molecule has 3 rings (SSSR count). The Hall–Kier alpha value is -3.35. The van der Waals surface area contributed by atoms with Gasteiger partial charge >= 0.3 is 0 Å². The van der Waals surface area contributed by atoms with E-state index < -0.39 is 0 Å². The first-order valence-corrected chi connectivity index (χ1v) is 7.56. The average Bonchev–Trinajstić information content (AvgIpc) is 3.14. The monoisotopic (exact) mass is 338 g/mol. The molecule has 0 bridgehead atoms. The molecule has 2 aromatic carbocycles. The topological polar surface area (TPSA) is 70.8 Å². The summed E-state index contributed by atoms with van der Waals surface area (Å²) in [6.07, 6.45) is 3.21. The van der Waals surface area contributed by atoms with E-state index in [1.54, 1.807) is 50.7 Å². The third-order valence-corrected chi connectivity index (χ3v) is 3.62. The van der Waals surface area contributed by atoms with Gasteiger partial charge in [0.25, 0.3) is 0 Å². The minimum atomic E-state index is 0.589. The molecule has 0 aliphatic carbocycles. The second-order valence-corrected chi connectivity index (χ2v) is 5.06. The van der Waals surface area contributed by atoms with Crippen LogP contribution < -0.4 is 14.2 Å². The first-order valence-electron chi connectivity index (χ1n) is 7.56. The minimum Gasteiger partial charge on any atom is -0.496 e. The van der Waals surface area contributed by atoms with Gasteiger partial charge in [0.1, 0.15) is 12.1 Å². The molecule has 0 aliphatic rings. The zero-order chi connectivity index (χ0) is 17.6. The maximum atomic E-state index is 5.40. The standard InChI is InChI=1S/C18H18N4O3/c1-23-15-10-17(25-3)16(24-2)9-14(15)11-20-22-12-19-21-18(22)13-7-5-4-6-8-13/h4-12H,1-3H3/b20-11-. The van der Waals surface area contributed by atoms with E-state index in [1.165, 1.54) is 0 Å². The predicted octanol–water partition coefficient (Wildman–Crippen LogP) is 2.85. The van der Waals surface area contributed by atoms with Gasteiger partial charge in [-0.15, -0.1) is 10.2 Å². The molecule has 0 fully saturated rings. The molecule has 0 unspecified atom stereocenters. The Balaban J connectivity index is 1.97. The predicted molar refractivity (Wildman–Crippen MR) is 94.5 cm³/mol. The van der Waals surface area contributed by atoms with Crippen LogP contribution in [0.25, 0.3) is 11.4 Å². The van der Waals surface area contributed by atoms with Crippen molar-refractivity contribution >= 4 is 6.21 Å². The zero-order valence-electron chi connectivity index (χ0n) is 14.2. The van der Waals surface area contributed by atoms with Crippen LogP contribution in [0, 0.1) is 0 Å². The maximum absolute atomic E-state index is 5.40. The number of nitrogens with zero attached hydrogens (tertiary/aromatic N) is 4. The zero-order valence-corrected chi connectivity index (χ0v) is 14.2. The van der Waals surface area contributed by atoms with Crippen LogP contribution >= 0.6 is 0 Å². The van der Waals surface area contributed by atoms with Crippen LogP contribution in [0.15, 0.2) is 53.9 Å².